The molecule has 5 rings (SSSR count). The minimum absolute atomic E-state index is 0.0227. The molecule has 0 unspecified atom stereocenters. The third-order valence-electron chi connectivity index (χ3n) is 5.71. The Bertz CT molecular complexity index is 1390. The maximum Gasteiger partial charge on any atom is 0.336 e. The van der Waals surface area contributed by atoms with E-state index in [0.29, 0.717) is 33.0 Å². The van der Waals surface area contributed by atoms with E-state index in [2.05, 4.69) is 0 Å². The van der Waals surface area contributed by atoms with Gasteiger partial charge in [-0.3, -0.25) is 9.59 Å². The summed E-state index contributed by atoms with van der Waals surface area (Å²) in [4.78, 5) is 37.3. The van der Waals surface area contributed by atoms with E-state index in [1.54, 1.807) is 19.1 Å². The second-order valence-electron chi connectivity index (χ2n) is 7.80. The summed E-state index contributed by atoms with van der Waals surface area (Å²) in [5.74, 6) is -1.84. The van der Waals surface area contributed by atoms with Gasteiger partial charge in [-0.1, -0.05) is 11.6 Å². The fraction of sp³-hybridized carbons (Fsp3) is 0.261. The van der Waals surface area contributed by atoms with Gasteiger partial charge in [0.2, 0.25) is 0 Å². The average molecular weight is 457 g/mol. The molecule has 164 valence electrons. The lowest BCUT2D eigenvalue weighted by Crippen LogP contribution is -2.25. The Kier molecular flexibility index (Phi) is 4.72. The van der Waals surface area contributed by atoms with Crippen molar-refractivity contribution >= 4 is 34.3 Å². The molecule has 9 heteroatoms. The summed E-state index contributed by atoms with van der Waals surface area (Å²) < 4.78 is 22.0. The SMILES string of the molecule is CC(=O)c1c2c(c3oc(=O)cc(C)c3c1O)[C@H](c1cc(Cl)cc3c1OCOC3)CC(=O)O2. The standard InChI is InChI=1S/C23H17ClO8/c1-9-3-15(26)31-22-17(9)20(28)18(10(2)25)23-19(22)13(6-16(27)32-23)14-5-12(24)4-11-7-29-8-30-21(11)14/h3-5,13,28H,6-8H2,1-2H3/t13-/m0/s1. The van der Waals surface area contributed by atoms with Crippen molar-refractivity contribution < 1.29 is 33.3 Å². The number of carbonyl (C=O) groups excluding carboxylic acids is 2. The summed E-state index contributed by atoms with van der Waals surface area (Å²) in [6, 6.07) is 4.60. The number of carbonyl (C=O) groups is 2. The predicted octanol–water partition coefficient (Wildman–Crippen LogP) is 3.97. The number of hydrogen-bond donors (Lipinski definition) is 1. The molecule has 1 aromatic heterocycles. The van der Waals surface area contributed by atoms with Crippen LogP contribution in [0.1, 0.15) is 51.9 Å². The van der Waals surface area contributed by atoms with E-state index in [1.165, 1.54) is 13.0 Å². The minimum Gasteiger partial charge on any atom is -0.506 e. The van der Waals surface area contributed by atoms with E-state index < -0.39 is 29.0 Å². The van der Waals surface area contributed by atoms with Gasteiger partial charge in [-0.25, -0.2) is 4.79 Å². The molecule has 1 N–H and O–H groups in total. The molecule has 0 fully saturated rings. The smallest absolute Gasteiger partial charge is 0.336 e. The Labute approximate surface area is 186 Å². The molecule has 2 aliphatic rings. The Balaban J connectivity index is 1.93. The van der Waals surface area contributed by atoms with Crippen LogP contribution in [-0.4, -0.2) is 23.7 Å². The van der Waals surface area contributed by atoms with E-state index in [-0.39, 0.29) is 42.1 Å². The van der Waals surface area contributed by atoms with Crippen LogP contribution in [-0.2, 0) is 16.1 Å². The third-order valence-corrected chi connectivity index (χ3v) is 5.93. The molecule has 2 aromatic carbocycles. The minimum atomic E-state index is -0.706. The first-order chi connectivity index (χ1) is 15.3. The molecular weight excluding hydrogens is 440 g/mol. The monoisotopic (exact) mass is 456 g/mol. The second-order valence-corrected chi connectivity index (χ2v) is 8.24. The number of hydrogen-bond acceptors (Lipinski definition) is 8. The molecule has 0 bridgehead atoms. The zero-order valence-corrected chi connectivity index (χ0v) is 17.9. The largest absolute Gasteiger partial charge is 0.506 e. The van der Waals surface area contributed by atoms with Crippen molar-refractivity contribution in [2.45, 2.75) is 32.8 Å². The molecule has 1 atom stereocenters. The van der Waals surface area contributed by atoms with Gasteiger partial charge in [0.05, 0.1) is 18.4 Å². The first kappa shape index (κ1) is 20.5. The quantitative estimate of drug-likeness (QED) is 0.267. The van der Waals surface area contributed by atoms with Gasteiger partial charge >= 0.3 is 11.6 Å². The zero-order chi connectivity index (χ0) is 22.7. The second kappa shape index (κ2) is 7.36. The molecule has 32 heavy (non-hydrogen) atoms. The van der Waals surface area contributed by atoms with Gasteiger partial charge in [0.25, 0.3) is 0 Å². The maximum absolute atomic E-state index is 12.6. The maximum atomic E-state index is 12.6. The summed E-state index contributed by atoms with van der Waals surface area (Å²) >= 11 is 6.35. The molecule has 0 radical (unpaired) electrons. The molecule has 3 heterocycles. The summed E-state index contributed by atoms with van der Waals surface area (Å²) in [6.45, 7) is 3.18. The number of phenolic OH excluding ortho intramolecular Hbond substituents is 1. The molecule has 0 aliphatic carbocycles. The van der Waals surface area contributed by atoms with Gasteiger partial charge in [-0.05, 0) is 31.5 Å². The van der Waals surface area contributed by atoms with Crippen molar-refractivity contribution in [3.63, 3.8) is 0 Å². The van der Waals surface area contributed by atoms with Crippen molar-refractivity contribution in [2.75, 3.05) is 6.79 Å². The first-order valence-corrected chi connectivity index (χ1v) is 10.2. The van der Waals surface area contributed by atoms with Crippen LogP contribution in [0.25, 0.3) is 11.0 Å². The van der Waals surface area contributed by atoms with Gasteiger partial charge in [-0.15, -0.1) is 0 Å². The fourth-order valence-electron chi connectivity index (χ4n) is 4.47. The summed E-state index contributed by atoms with van der Waals surface area (Å²) in [5.41, 5.74) is 1.26. The highest BCUT2D eigenvalue weighted by atomic mass is 35.5. The number of ketones is 1. The van der Waals surface area contributed by atoms with Gasteiger partial charge in [0.15, 0.2) is 18.3 Å². The van der Waals surface area contributed by atoms with Crippen LogP contribution in [0.15, 0.2) is 27.4 Å². The Hall–Kier alpha value is -3.36. The van der Waals surface area contributed by atoms with Crippen molar-refractivity contribution in [1.82, 2.24) is 0 Å². The van der Waals surface area contributed by atoms with E-state index >= 15 is 0 Å². The molecule has 0 spiro atoms. The lowest BCUT2D eigenvalue weighted by molar-refractivity contribution is -0.135. The number of halogens is 1. The lowest BCUT2D eigenvalue weighted by Gasteiger charge is -2.30. The van der Waals surface area contributed by atoms with Crippen LogP contribution in [0, 0.1) is 6.92 Å². The number of benzene rings is 2. The molecule has 0 saturated carbocycles. The number of phenols is 1. The van der Waals surface area contributed by atoms with Crippen LogP contribution in [0.5, 0.6) is 17.2 Å². The van der Waals surface area contributed by atoms with Crippen molar-refractivity contribution in [2.24, 2.45) is 0 Å². The zero-order valence-electron chi connectivity index (χ0n) is 17.1. The van der Waals surface area contributed by atoms with Gasteiger partial charge in [-0.2, -0.15) is 0 Å². The van der Waals surface area contributed by atoms with Gasteiger partial charge in [0.1, 0.15) is 22.6 Å². The molecule has 0 saturated heterocycles. The Morgan fingerprint density at radius 3 is 2.72 bits per heavy atom. The number of ether oxygens (including phenoxy) is 3. The van der Waals surface area contributed by atoms with Gasteiger partial charge < -0.3 is 23.7 Å². The number of fused-ring (bicyclic) bond motifs is 4. The molecular formula is C23H17ClO8. The third kappa shape index (κ3) is 3.06. The van der Waals surface area contributed by atoms with Crippen LogP contribution >= 0.6 is 11.6 Å². The Morgan fingerprint density at radius 2 is 1.97 bits per heavy atom. The summed E-state index contributed by atoms with van der Waals surface area (Å²) in [6.07, 6.45) is -0.112. The first-order valence-electron chi connectivity index (χ1n) is 9.84. The summed E-state index contributed by atoms with van der Waals surface area (Å²) in [7, 11) is 0. The van der Waals surface area contributed by atoms with Crippen LogP contribution in [0.2, 0.25) is 5.02 Å². The lowest BCUT2D eigenvalue weighted by atomic mass is 9.81. The van der Waals surface area contributed by atoms with E-state index in [0.717, 1.165) is 0 Å². The number of aryl methyl sites for hydroxylation is 1. The topological polar surface area (TPSA) is 112 Å². The van der Waals surface area contributed by atoms with Crippen molar-refractivity contribution in [3.8, 4) is 17.2 Å². The van der Waals surface area contributed by atoms with Crippen LogP contribution in [0.4, 0.5) is 0 Å². The molecule has 8 nitrogen and oxygen atoms in total. The average Bonchev–Trinajstić information content (AvgIpc) is 2.71. The number of aromatic hydroxyl groups is 1. The van der Waals surface area contributed by atoms with E-state index in [1.807, 2.05) is 0 Å². The number of rotatable bonds is 2. The predicted molar refractivity (Wildman–Crippen MR) is 113 cm³/mol. The van der Waals surface area contributed by atoms with E-state index in [9.17, 15) is 19.5 Å². The van der Waals surface area contributed by atoms with Crippen LogP contribution in [0.3, 0.4) is 0 Å². The summed E-state index contributed by atoms with van der Waals surface area (Å²) in [5, 5.41) is 11.5. The van der Waals surface area contributed by atoms with Crippen LogP contribution < -0.4 is 15.1 Å². The highest BCUT2D eigenvalue weighted by Crippen LogP contribution is 2.51. The molecule has 2 aliphatic heterocycles. The van der Waals surface area contributed by atoms with E-state index in [4.69, 9.17) is 30.2 Å². The number of esters is 1. The highest BCUT2D eigenvalue weighted by Gasteiger charge is 2.39. The number of Topliss-reactive ketones (excluding diaryl/α,β-unsaturated/α-hetero) is 1. The molecule has 0 amide bonds. The molecule has 3 aromatic rings. The normalized spacial score (nSPS) is 17.3. The van der Waals surface area contributed by atoms with Gasteiger partial charge in [0, 0.05) is 33.7 Å². The Morgan fingerprint density at radius 1 is 1.19 bits per heavy atom. The van der Waals surface area contributed by atoms with Crippen molar-refractivity contribution in [3.05, 3.63) is 61.5 Å². The van der Waals surface area contributed by atoms with Crippen molar-refractivity contribution in [1.29, 1.82) is 0 Å². The highest BCUT2D eigenvalue weighted by molar-refractivity contribution is 6.30. The fourth-order valence-corrected chi connectivity index (χ4v) is 4.72.